The molecule has 2 heterocycles. The first-order valence-corrected chi connectivity index (χ1v) is 6.13. The number of carbonyl (C=O) groups is 1. The summed E-state index contributed by atoms with van der Waals surface area (Å²) in [6.45, 7) is 0. The van der Waals surface area contributed by atoms with Crippen molar-refractivity contribution in [3.8, 4) is 16.9 Å². The first-order chi connectivity index (χ1) is 10.1. The van der Waals surface area contributed by atoms with Crippen LogP contribution in [-0.2, 0) is 0 Å². The number of nitrogens with two attached hydrogens (primary N) is 1. The molecule has 7 heteroatoms. The van der Waals surface area contributed by atoms with E-state index < -0.39 is 5.97 Å². The summed E-state index contributed by atoms with van der Waals surface area (Å²) in [5.74, 6) is -0.331. The second-order valence-electron chi connectivity index (χ2n) is 4.37. The molecule has 0 amide bonds. The minimum atomic E-state index is -1.09. The Labute approximate surface area is 119 Å². The van der Waals surface area contributed by atoms with E-state index in [1.54, 1.807) is 13.2 Å². The maximum atomic E-state index is 11.2. The molecule has 0 bridgehead atoms. The predicted molar refractivity (Wildman–Crippen MR) is 76.3 cm³/mol. The van der Waals surface area contributed by atoms with Gasteiger partial charge in [0.15, 0.2) is 11.3 Å². The molecule has 0 aliphatic rings. The average Bonchev–Trinajstić information content (AvgIpc) is 2.87. The number of aromatic carboxylic acids is 1. The molecule has 3 N–H and O–H groups in total. The number of carboxylic acid groups (broad SMARTS) is 1. The normalized spacial score (nSPS) is 10.7. The Morgan fingerprint density at radius 1 is 1.24 bits per heavy atom. The van der Waals surface area contributed by atoms with Gasteiger partial charge in [-0.3, -0.25) is 0 Å². The molecule has 0 aliphatic carbocycles. The van der Waals surface area contributed by atoms with Gasteiger partial charge in [0.2, 0.25) is 5.95 Å². The van der Waals surface area contributed by atoms with Gasteiger partial charge in [-0.25, -0.2) is 9.31 Å². The van der Waals surface area contributed by atoms with Crippen LogP contribution in [-0.4, -0.2) is 32.8 Å². The minimum Gasteiger partial charge on any atom is -0.497 e. The van der Waals surface area contributed by atoms with Crippen LogP contribution in [0.2, 0.25) is 0 Å². The Kier molecular flexibility index (Phi) is 2.94. The molecule has 2 aromatic heterocycles. The first-order valence-electron chi connectivity index (χ1n) is 6.13. The van der Waals surface area contributed by atoms with E-state index in [4.69, 9.17) is 10.5 Å². The van der Waals surface area contributed by atoms with E-state index in [0.29, 0.717) is 5.65 Å². The van der Waals surface area contributed by atoms with Gasteiger partial charge in [0, 0.05) is 5.56 Å². The van der Waals surface area contributed by atoms with E-state index in [1.807, 2.05) is 24.3 Å². The quantitative estimate of drug-likeness (QED) is 0.758. The number of nitrogens with zero attached hydrogens (tertiary/aromatic N) is 3. The highest BCUT2D eigenvalue weighted by Gasteiger charge is 2.15. The SMILES string of the molecule is COc1ccc(-c2ccc(C(=O)O)n3nc(N)nc23)cc1. The van der Waals surface area contributed by atoms with Crippen molar-refractivity contribution in [1.82, 2.24) is 14.6 Å². The van der Waals surface area contributed by atoms with Crippen molar-refractivity contribution in [2.24, 2.45) is 0 Å². The molecule has 0 spiro atoms. The molecule has 0 saturated heterocycles. The fraction of sp³-hybridized carbons (Fsp3) is 0.0714. The van der Waals surface area contributed by atoms with Gasteiger partial charge in [-0.15, -0.1) is 5.10 Å². The molecule has 0 radical (unpaired) electrons. The van der Waals surface area contributed by atoms with Gasteiger partial charge >= 0.3 is 5.97 Å². The minimum absolute atomic E-state index is 0.00598. The van der Waals surface area contributed by atoms with Crippen LogP contribution in [0.25, 0.3) is 16.8 Å². The van der Waals surface area contributed by atoms with Crippen LogP contribution in [0.1, 0.15) is 10.5 Å². The van der Waals surface area contributed by atoms with Crippen molar-refractivity contribution in [3.63, 3.8) is 0 Å². The lowest BCUT2D eigenvalue weighted by Gasteiger charge is -2.06. The van der Waals surface area contributed by atoms with Crippen LogP contribution in [0.15, 0.2) is 36.4 Å². The van der Waals surface area contributed by atoms with Crippen LogP contribution >= 0.6 is 0 Å². The fourth-order valence-corrected chi connectivity index (χ4v) is 2.14. The van der Waals surface area contributed by atoms with Gasteiger partial charge in [0.25, 0.3) is 0 Å². The number of benzene rings is 1. The van der Waals surface area contributed by atoms with Crippen molar-refractivity contribution in [2.45, 2.75) is 0 Å². The summed E-state index contributed by atoms with van der Waals surface area (Å²) in [6.07, 6.45) is 0. The zero-order valence-corrected chi connectivity index (χ0v) is 11.1. The van der Waals surface area contributed by atoms with Crippen molar-refractivity contribution in [3.05, 3.63) is 42.1 Å². The number of carboxylic acids is 1. The molecule has 0 atom stereocenters. The van der Waals surface area contributed by atoms with Crippen molar-refractivity contribution < 1.29 is 14.6 Å². The Bertz CT molecular complexity index is 824. The summed E-state index contributed by atoms with van der Waals surface area (Å²) in [5.41, 5.74) is 7.61. The summed E-state index contributed by atoms with van der Waals surface area (Å²) in [5, 5.41) is 13.1. The second kappa shape index (κ2) is 4.78. The molecule has 21 heavy (non-hydrogen) atoms. The Balaban J connectivity index is 2.23. The number of rotatable bonds is 3. The van der Waals surface area contributed by atoms with Crippen LogP contribution in [0.3, 0.4) is 0 Å². The number of anilines is 1. The molecule has 0 fully saturated rings. The van der Waals surface area contributed by atoms with Gasteiger partial charge in [-0.1, -0.05) is 12.1 Å². The molecule has 0 saturated carbocycles. The second-order valence-corrected chi connectivity index (χ2v) is 4.37. The molecular weight excluding hydrogens is 272 g/mol. The standard InChI is InChI=1S/C14H12N4O3/c1-21-9-4-2-8(3-5-9)10-6-7-11(13(19)20)18-12(10)16-14(15)17-18/h2-7H,1H3,(H2,15,17)(H,19,20). The van der Waals surface area contributed by atoms with Gasteiger partial charge in [0.1, 0.15) is 5.75 Å². The fourth-order valence-electron chi connectivity index (χ4n) is 2.14. The third-order valence-corrected chi connectivity index (χ3v) is 3.12. The van der Waals surface area contributed by atoms with Gasteiger partial charge in [0.05, 0.1) is 7.11 Å². The van der Waals surface area contributed by atoms with Crippen LogP contribution in [0.5, 0.6) is 5.75 Å². The number of hydrogen-bond acceptors (Lipinski definition) is 5. The van der Waals surface area contributed by atoms with E-state index >= 15 is 0 Å². The highest BCUT2D eigenvalue weighted by molar-refractivity contribution is 5.89. The van der Waals surface area contributed by atoms with E-state index in [-0.39, 0.29) is 11.6 Å². The highest BCUT2D eigenvalue weighted by Crippen LogP contribution is 2.26. The zero-order chi connectivity index (χ0) is 15.0. The number of ether oxygens (including phenoxy) is 1. The molecule has 3 aromatic rings. The van der Waals surface area contributed by atoms with E-state index in [9.17, 15) is 9.90 Å². The van der Waals surface area contributed by atoms with Crippen molar-refractivity contribution >= 4 is 17.6 Å². The topological polar surface area (TPSA) is 103 Å². The predicted octanol–water partition coefficient (Wildman–Crippen LogP) is 1.69. The van der Waals surface area contributed by atoms with E-state index in [2.05, 4.69) is 10.1 Å². The smallest absolute Gasteiger partial charge is 0.354 e. The molecule has 3 rings (SSSR count). The summed E-state index contributed by atoms with van der Waals surface area (Å²) >= 11 is 0. The summed E-state index contributed by atoms with van der Waals surface area (Å²) in [7, 11) is 1.59. The van der Waals surface area contributed by atoms with Gasteiger partial charge < -0.3 is 15.6 Å². The lowest BCUT2D eigenvalue weighted by Crippen LogP contribution is -2.07. The third kappa shape index (κ3) is 2.14. The summed E-state index contributed by atoms with van der Waals surface area (Å²) < 4.78 is 6.35. The van der Waals surface area contributed by atoms with Crippen LogP contribution < -0.4 is 10.5 Å². The zero-order valence-electron chi connectivity index (χ0n) is 11.1. The van der Waals surface area contributed by atoms with Gasteiger partial charge in [-0.2, -0.15) is 4.98 Å². The highest BCUT2D eigenvalue weighted by atomic mass is 16.5. The molecule has 0 aliphatic heterocycles. The monoisotopic (exact) mass is 284 g/mol. The molecule has 0 unspecified atom stereocenters. The van der Waals surface area contributed by atoms with Crippen molar-refractivity contribution in [1.29, 1.82) is 0 Å². The maximum Gasteiger partial charge on any atom is 0.354 e. The average molecular weight is 284 g/mol. The van der Waals surface area contributed by atoms with Crippen LogP contribution in [0.4, 0.5) is 5.95 Å². The maximum absolute atomic E-state index is 11.2. The van der Waals surface area contributed by atoms with E-state index in [1.165, 1.54) is 10.6 Å². The molecule has 7 nitrogen and oxygen atoms in total. The Morgan fingerprint density at radius 2 is 1.95 bits per heavy atom. The lowest BCUT2D eigenvalue weighted by atomic mass is 10.1. The number of methoxy groups -OCH3 is 1. The molecular formula is C14H12N4O3. The number of hydrogen-bond donors (Lipinski definition) is 2. The van der Waals surface area contributed by atoms with Crippen LogP contribution in [0, 0.1) is 0 Å². The number of aromatic nitrogens is 3. The molecule has 106 valence electrons. The molecule has 1 aromatic carbocycles. The third-order valence-electron chi connectivity index (χ3n) is 3.12. The first kappa shape index (κ1) is 12.9. The van der Waals surface area contributed by atoms with Gasteiger partial charge in [-0.05, 0) is 29.8 Å². The Hall–Kier alpha value is -3.09. The largest absolute Gasteiger partial charge is 0.497 e. The Morgan fingerprint density at radius 3 is 2.57 bits per heavy atom. The summed E-state index contributed by atoms with van der Waals surface area (Å²) in [4.78, 5) is 15.3. The number of pyridine rings is 1. The summed E-state index contributed by atoms with van der Waals surface area (Å²) in [6, 6.07) is 10.5. The number of nitrogen functional groups attached to an aromatic ring is 1. The van der Waals surface area contributed by atoms with E-state index in [0.717, 1.165) is 16.9 Å². The van der Waals surface area contributed by atoms with Crippen molar-refractivity contribution in [2.75, 3.05) is 12.8 Å². The number of fused-ring (bicyclic) bond motifs is 1. The lowest BCUT2D eigenvalue weighted by molar-refractivity contribution is 0.0687.